The van der Waals surface area contributed by atoms with Gasteiger partial charge >= 0.3 is 0 Å². The summed E-state index contributed by atoms with van der Waals surface area (Å²) >= 11 is 0. The number of phenols is 1. The van der Waals surface area contributed by atoms with Crippen LogP contribution in [0.15, 0.2) is 60.7 Å². The predicted molar refractivity (Wildman–Crippen MR) is 99.9 cm³/mol. The molecule has 2 N–H and O–H groups in total. The van der Waals surface area contributed by atoms with Gasteiger partial charge in [0.15, 0.2) is 11.6 Å². The molecule has 3 aromatic rings. The van der Waals surface area contributed by atoms with E-state index in [2.05, 4.69) is 5.32 Å². The highest BCUT2D eigenvalue weighted by Gasteiger charge is 2.33. The molecule has 4 rings (SSSR count). The second-order valence-corrected chi connectivity index (χ2v) is 6.43. The van der Waals surface area contributed by atoms with Gasteiger partial charge in [0, 0.05) is 23.4 Å². The molecule has 0 saturated heterocycles. The van der Waals surface area contributed by atoms with Crippen molar-refractivity contribution in [2.75, 3.05) is 5.32 Å². The van der Waals surface area contributed by atoms with Crippen molar-refractivity contribution in [2.24, 2.45) is 0 Å². The molecule has 0 atom stereocenters. The van der Waals surface area contributed by atoms with E-state index in [0.29, 0.717) is 23.4 Å². The van der Waals surface area contributed by atoms with Crippen LogP contribution >= 0.6 is 0 Å². The van der Waals surface area contributed by atoms with E-state index in [1.165, 1.54) is 11.6 Å². The normalized spacial score (nSPS) is 12.5. The number of benzene rings is 3. The molecular weight excluding hydrogens is 326 g/mol. The number of aryl methyl sites for hydroxylation is 1. The quantitative estimate of drug-likeness (QED) is 0.550. The van der Waals surface area contributed by atoms with Gasteiger partial charge in [-0.3, -0.25) is 9.59 Å². The summed E-state index contributed by atoms with van der Waals surface area (Å²) in [7, 11) is 0. The van der Waals surface area contributed by atoms with Gasteiger partial charge in [-0.05, 0) is 24.6 Å². The smallest absolute Gasteiger partial charge is 0.198 e. The fraction of sp³-hybridized carbons (Fsp3) is 0.0909. The van der Waals surface area contributed by atoms with Gasteiger partial charge in [-0.1, -0.05) is 54.1 Å². The molecule has 0 unspecified atom stereocenters. The molecule has 26 heavy (non-hydrogen) atoms. The number of phenolic OH excluding ortho intramolecular Hbond substituents is 1. The van der Waals surface area contributed by atoms with E-state index in [1.807, 2.05) is 31.2 Å². The van der Waals surface area contributed by atoms with E-state index >= 15 is 0 Å². The number of carbonyl (C=O) groups excluding carboxylic acids is 2. The van der Waals surface area contributed by atoms with E-state index in [-0.39, 0.29) is 28.4 Å². The minimum atomic E-state index is -0.327. The predicted octanol–water partition coefficient (Wildman–Crippen LogP) is 4.09. The van der Waals surface area contributed by atoms with E-state index in [1.54, 1.807) is 30.3 Å². The Morgan fingerprint density at radius 3 is 2.08 bits per heavy atom. The number of aromatic hydroxyl groups is 1. The molecule has 0 amide bonds. The van der Waals surface area contributed by atoms with Crippen LogP contribution in [-0.2, 0) is 6.54 Å². The average molecular weight is 343 g/mol. The third-order valence-electron chi connectivity index (χ3n) is 4.66. The van der Waals surface area contributed by atoms with Crippen LogP contribution < -0.4 is 5.32 Å². The lowest BCUT2D eigenvalue weighted by Gasteiger charge is -2.21. The van der Waals surface area contributed by atoms with Gasteiger partial charge in [0.25, 0.3) is 0 Å². The maximum atomic E-state index is 13.0. The number of carbonyl (C=O) groups is 2. The molecule has 0 aromatic heterocycles. The zero-order valence-electron chi connectivity index (χ0n) is 14.2. The SMILES string of the molecule is Cc1ccc(CNc2ccc(O)c3c2C(=O)c2ccccc2C3=O)cc1. The van der Waals surface area contributed by atoms with Gasteiger partial charge in [0.05, 0.1) is 11.1 Å². The summed E-state index contributed by atoms with van der Waals surface area (Å²) in [6, 6.07) is 17.9. The highest BCUT2D eigenvalue weighted by Crippen LogP contribution is 2.37. The van der Waals surface area contributed by atoms with Crippen molar-refractivity contribution in [3.63, 3.8) is 0 Å². The second kappa shape index (κ2) is 6.15. The first kappa shape index (κ1) is 16.1. The highest BCUT2D eigenvalue weighted by molar-refractivity contribution is 6.31. The zero-order chi connectivity index (χ0) is 18.3. The first-order valence-electron chi connectivity index (χ1n) is 8.40. The van der Waals surface area contributed by atoms with Crippen LogP contribution in [0.4, 0.5) is 5.69 Å². The molecule has 0 saturated carbocycles. The first-order chi connectivity index (χ1) is 12.6. The number of nitrogens with one attached hydrogen (secondary N) is 1. The molecule has 0 heterocycles. The molecule has 1 aliphatic rings. The van der Waals surface area contributed by atoms with Crippen LogP contribution in [0.5, 0.6) is 5.75 Å². The van der Waals surface area contributed by atoms with Crippen molar-refractivity contribution in [2.45, 2.75) is 13.5 Å². The summed E-state index contributed by atoms with van der Waals surface area (Å²) in [6.07, 6.45) is 0. The molecule has 0 fully saturated rings. The lowest BCUT2D eigenvalue weighted by atomic mass is 9.82. The molecule has 0 spiro atoms. The monoisotopic (exact) mass is 343 g/mol. The number of hydrogen-bond acceptors (Lipinski definition) is 4. The lowest BCUT2D eigenvalue weighted by molar-refractivity contribution is 0.0977. The number of rotatable bonds is 3. The summed E-state index contributed by atoms with van der Waals surface area (Å²) in [5.74, 6) is -0.752. The first-order valence-corrected chi connectivity index (χ1v) is 8.40. The molecule has 4 nitrogen and oxygen atoms in total. The Kier molecular flexibility index (Phi) is 3.81. The largest absolute Gasteiger partial charge is 0.507 e. The van der Waals surface area contributed by atoms with Crippen molar-refractivity contribution < 1.29 is 14.7 Å². The maximum absolute atomic E-state index is 13.0. The minimum absolute atomic E-state index is 0.0719. The Hall–Kier alpha value is -3.40. The van der Waals surface area contributed by atoms with Gasteiger partial charge < -0.3 is 10.4 Å². The molecule has 1 aliphatic carbocycles. The number of hydrogen-bond donors (Lipinski definition) is 2. The van der Waals surface area contributed by atoms with Crippen LogP contribution in [0.25, 0.3) is 0 Å². The lowest BCUT2D eigenvalue weighted by Crippen LogP contribution is -2.22. The van der Waals surface area contributed by atoms with E-state index in [4.69, 9.17) is 0 Å². The highest BCUT2D eigenvalue weighted by atomic mass is 16.3. The third kappa shape index (κ3) is 2.56. The van der Waals surface area contributed by atoms with E-state index in [0.717, 1.165) is 5.56 Å². The molecule has 4 heteroatoms. The number of fused-ring (bicyclic) bond motifs is 2. The second-order valence-electron chi connectivity index (χ2n) is 6.43. The van der Waals surface area contributed by atoms with E-state index < -0.39 is 0 Å². The van der Waals surface area contributed by atoms with Crippen molar-refractivity contribution in [3.05, 3.63) is 94.0 Å². The van der Waals surface area contributed by atoms with Gasteiger partial charge in [0.1, 0.15) is 5.75 Å². The van der Waals surface area contributed by atoms with Gasteiger partial charge in [-0.15, -0.1) is 0 Å². The fourth-order valence-electron chi connectivity index (χ4n) is 3.26. The van der Waals surface area contributed by atoms with Crippen molar-refractivity contribution >= 4 is 17.3 Å². The van der Waals surface area contributed by atoms with Crippen molar-refractivity contribution in [1.29, 1.82) is 0 Å². The van der Waals surface area contributed by atoms with Crippen molar-refractivity contribution in [3.8, 4) is 5.75 Å². The summed E-state index contributed by atoms with van der Waals surface area (Å²) in [5.41, 5.74) is 3.79. The molecule has 3 aromatic carbocycles. The average Bonchev–Trinajstić information content (AvgIpc) is 2.66. The summed E-state index contributed by atoms with van der Waals surface area (Å²) < 4.78 is 0. The Morgan fingerprint density at radius 2 is 1.42 bits per heavy atom. The standard InChI is InChI=1S/C22H17NO3/c1-13-6-8-14(9-7-13)12-23-17-10-11-18(24)20-19(17)21(25)15-4-2-3-5-16(15)22(20)26/h2-11,23-24H,12H2,1H3. The Balaban J connectivity index is 1.75. The maximum Gasteiger partial charge on any atom is 0.198 e. The van der Waals surface area contributed by atoms with Gasteiger partial charge in [-0.25, -0.2) is 0 Å². The van der Waals surface area contributed by atoms with Crippen molar-refractivity contribution in [1.82, 2.24) is 0 Å². The van der Waals surface area contributed by atoms with Crippen LogP contribution in [0.2, 0.25) is 0 Å². The third-order valence-corrected chi connectivity index (χ3v) is 4.66. The minimum Gasteiger partial charge on any atom is -0.507 e. The molecule has 0 bridgehead atoms. The topological polar surface area (TPSA) is 66.4 Å². The Labute approximate surface area is 151 Å². The van der Waals surface area contributed by atoms with E-state index in [9.17, 15) is 14.7 Å². The zero-order valence-corrected chi connectivity index (χ0v) is 14.2. The van der Waals surface area contributed by atoms with Crippen LogP contribution in [0.3, 0.4) is 0 Å². The molecule has 0 aliphatic heterocycles. The Morgan fingerprint density at radius 1 is 0.808 bits per heavy atom. The van der Waals surface area contributed by atoms with Gasteiger partial charge in [-0.2, -0.15) is 0 Å². The number of ketones is 2. The summed E-state index contributed by atoms with van der Waals surface area (Å²) in [5, 5.41) is 13.4. The molecular formula is C22H17NO3. The molecule has 0 radical (unpaired) electrons. The fourth-order valence-corrected chi connectivity index (χ4v) is 3.26. The number of anilines is 1. The molecule has 128 valence electrons. The van der Waals surface area contributed by atoms with Crippen LogP contribution in [-0.4, -0.2) is 16.7 Å². The summed E-state index contributed by atoms with van der Waals surface area (Å²) in [6.45, 7) is 2.54. The van der Waals surface area contributed by atoms with Gasteiger partial charge in [0.2, 0.25) is 0 Å². The van der Waals surface area contributed by atoms with Crippen LogP contribution in [0.1, 0.15) is 43.0 Å². The Bertz CT molecular complexity index is 1040. The summed E-state index contributed by atoms with van der Waals surface area (Å²) in [4.78, 5) is 25.8. The van der Waals surface area contributed by atoms with Crippen LogP contribution in [0, 0.1) is 6.92 Å².